The van der Waals surface area contributed by atoms with Crippen LogP contribution in [0.5, 0.6) is 0 Å². The largest absolute Gasteiger partial charge is 0.310 e. The molecule has 1 aromatic heterocycles. The van der Waals surface area contributed by atoms with Crippen LogP contribution in [0.1, 0.15) is 37.8 Å². The Morgan fingerprint density at radius 2 is 2.39 bits per heavy atom. The molecule has 0 bridgehead atoms. The van der Waals surface area contributed by atoms with Gasteiger partial charge in [0.1, 0.15) is 0 Å². The van der Waals surface area contributed by atoms with Crippen LogP contribution < -0.4 is 5.32 Å². The zero-order valence-corrected chi connectivity index (χ0v) is 12.4. The van der Waals surface area contributed by atoms with Gasteiger partial charge in [-0.2, -0.15) is 11.3 Å². The van der Waals surface area contributed by atoms with E-state index in [-0.39, 0.29) is 0 Å². The van der Waals surface area contributed by atoms with Crippen LogP contribution in [0.2, 0.25) is 0 Å². The second-order valence-corrected chi connectivity index (χ2v) is 8.08. The van der Waals surface area contributed by atoms with Crippen LogP contribution in [-0.2, 0) is 9.84 Å². The van der Waals surface area contributed by atoms with Crippen molar-refractivity contribution in [3.05, 3.63) is 22.4 Å². The number of nitrogens with one attached hydrogen (secondary N) is 1. The summed E-state index contributed by atoms with van der Waals surface area (Å²) < 4.78 is 23.0. The SMILES string of the molecule is CCCNC(CC1CCS(=O)(=O)C1)c1ccsc1. The van der Waals surface area contributed by atoms with E-state index in [2.05, 4.69) is 29.1 Å². The van der Waals surface area contributed by atoms with E-state index in [0.717, 1.165) is 25.8 Å². The second kappa shape index (κ2) is 6.17. The first-order valence-corrected chi connectivity index (χ1v) is 9.33. The van der Waals surface area contributed by atoms with Crippen LogP contribution >= 0.6 is 11.3 Å². The molecule has 1 aliphatic rings. The molecule has 2 rings (SSSR count). The van der Waals surface area contributed by atoms with Crippen molar-refractivity contribution in [1.29, 1.82) is 0 Å². The fourth-order valence-electron chi connectivity index (χ4n) is 2.52. The van der Waals surface area contributed by atoms with Crippen LogP contribution in [0.3, 0.4) is 0 Å². The molecular weight excluding hydrogens is 266 g/mol. The highest BCUT2D eigenvalue weighted by Gasteiger charge is 2.30. The minimum absolute atomic E-state index is 0.314. The smallest absolute Gasteiger partial charge is 0.150 e. The van der Waals surface area contributed by atoms with Gasteiger partial charge in [0.25, 0.3) is 0 Å². The molecule has 1 aromatic rings. The first-order valence-electron chi connectivity index (χ1n) is 6.56. The molecule has 5 heteroatoms. The Morgan fingerprint density at radius 1 is 1.56 bits per heavy atom. The molecule has 0 radical (unpaired) electrons. The summed E-state index contributed by atoms with van der Waals surface area (Å²) in [6.45, 7) is 3.14. The van der Waals surface area contributed by atoms with Crippen molar-refractivity contribution in [2.75, 3.05) is 18.1 Å². The van der Waals surface area contributed by atoms with Crippen molar-refractivity contribution < 1.29 is 8.42 Å². The Bertz CT molecular complexity index is 453. The third-order valence-corrected chi connectivity index (χ3v) is 6.02. The van der Waals surface area contributed by atoms with Gasteiger partial charge in [0.2, 0.25) is 0 Å². The summed E-state index contributed by atoms with van der Waals surface area (Å²) in [4.78, 5) is 0. The van der Waals surface area contributed by atoms with Gasteiger partial charge in [-0.15, -0.1) is 0 Å². The van der Waals surface area contributed by atoms with E-state index in [9.17, 15) is 8.42 Å². The van der Waals surface area contributed by atoms with Gasteiger partial charge in [-0.25, -0.2) is 8.42 Å². The Kier molecular flexibility index (Phi) is 4.81. The van der Waals surface area contributed by atoms with E-state index in [4.69, 9.17) is 0 Å². The van der Waals surface area contributed by atoms with Gasteiger partial charge in [-0.1, -0.05) is 6.92 Å². The Morgan fingerprint density at radius 3 is 2.94 bits per heavy atom. The average molecular weight is 287 g/mol. The minimum Gasteiger partial charge on any atom is -0.310 e. The van der Waals surface area contributed by atoms with Gasteiger partial charge in [0.05, 0.1) is 11.5 Å². The zero-order valence-electron chi connectivity index (χ0n) is 10.8. The van der Waals surface area contributed by atoms with Crippen LogP contribution in [0.4, 0.5) is 0 Å². The Hall–Kier alpha value is -0.390. The normalized spacial score (nSPS) is 24.2. The molecule has 0 spiro atoms. The highest BCUT2D eigenvalue weighted by Crippen LogP contribution is 2.29. The summed E-state index contributed by atoms with van der Waals surface area (Å²) in [7, 11) is -2.76. The van der Waals surface area contributed by atoms with E-state index in [1.165, 1.54) is 5.56 Å². The van der Waals surface area contributed by atoms with E-state index in [0.29, 0.717) is 23.5 Å². The number of hydrogen-bond acceptors (Lipinski definition) is 4. The predicted octanol–water partition coefficient (Wildman–Crippen LogP) is 2.61. The maximum absolute atomic E-state index is 11.5. The molecule has 1 fully saturated rings. The maximum atomic E-state index is 11.5. The molecular formula is C13H21NO2S2. The quantitative estimate of drug-likeness (QED) is 0.875. The predicted molar refractivity (Wildman–Crippen MR) is 76.7 cm³/mol. The lowest BCUT2D eigenvalue weighted by atomic mass is 9.96. The van der Waals surface area contributed by atoms with Gasteiger partial charge >= 0.3 is 0 Å². The molecule has 0 aromatic carbocycles. The number of thiophene rings is 1. The standard InChI is InChI=1S/C13H21NO2S2/c1-2-5-14-13(12-3-6-17-9-12)8-11-4-7-18(15,16)10-11/h3,6,9,11,13-14H,2,4-5,7-8,10H2,1H3. The number of rotatable bonds is 6. The van der Waals surface area contributed by atoms with Gasteiger partial charge in [-0.3, -0.25) is 0 Å². The molecule has 1 saturated heterocycles. The Labute approximate surface area is 114 Å². The molecule has 2 heterocycles. The molecule has 0 aliphatic carbocycles. The third kappa shape index (κ3) is 3.80. The summed E-state index contributed by atoms with van der Waals surface area (Å²) in [6.07, 6.45) is 2.87. The van der Waals surface area contributed by atoms with E-state index < -0.39 is 9.84 Å². The van der Waals surface area contributed by atoms with Crippen molar-refractivity contribution in [1.82, 2.24) is 5.32 Å². The van der Waals surface area contributed by atoms with Crippen LogP contribution in [0.25, 0.3) is 0 Å². The van der Waals surface area contributed by atoms with Gasteiger partial charge in [-0.05, 0) is 54.1 Å². The van der Waals surface area contributed by atoms with Gasteiger partial charge in [0, 0.05) is 6.04 Å². The molecule has 1 N–H and O–H groups in total. The summed E-state index contributed by atoms with van der Waals surface area (Å²) in [5.41, 5.74) is 1.30. The summed E-state index contributed by atoms with van der Waals surface area (Å²) in [6, 6.07) is 2.45. The third-order valence-electron chi connectivity index (χ3n) is 3.48. The first kappa shape index (κ1) is 14.0. The minimum atomic E-state index is -2.76. The molecule has 3 nitrogen and oxygen atoms in total. The fourth-order valence-corrected chi connectivity index (χ4v) is 5.11. The lowest BCUT2D eigenvalue weighted by Crippen LogP contribution is -2.24. The van der Waals surface area contributed by atoms with E-state index in [1.807, 2.05) is 0 Å². The topological polar surface area (TPSA) is 46.2 Å². The number of hydrogen-bond donors (Lipinski definition) is 1. The molecule has 102 valence electrons. The molecule has 1 aliphatic heterocycles. The monoisotopic (exact) mass is 287 g/mol. The molecule has 18 heavy (non-hydrogen) atoms. The van der Waals surface area contributed by atoms with Crippen LogP contribution in [0, 0.1) is 5.92 Å². The fraction of sp³-hybridized carbons (Fsp3) is 0.692. The molecule has 0 amide bonds. The first-order chi connectivity index (χ1) is 8.61. The van der Waals surface area contributed by atoms with Crippen molar-refractivity contribution >= 4 is 21.2 Å². The van der Waals surface area contributed by atoms with Gasteiger partial charge < -0.3 is 5.32 Å². The summed E-state index contributed by atoms with van der Waals surface area (Å²) in [5.74, 6) is 1.08. The Balaban J connectivity index is 1.98. The highest BCUT2D eigenvalue weighted by molar-refractivity contribution is 7.91. The summed E-state index contributed by atoms with van der Waals surface area (Å²) in [5, 5.41) is 7.79. The van der Waals surface area contributed by atoms with E-state index in [1.54, 1.807) is 11.3 Å². The number of sulfone groups is 1. The van der Waals surface area contributed by atoms with Crippen molar-refractivity contribution in [3.63, 3.8) is 0 Å². The second-order valence-electron chi connectivity index (χ2n) is 5.07. The van der Waals surface area contributed by atoms with Crippen molar-refractivity contribution in [2.24, 2.45) is 5.92 Å². The molecule has 0 saturated carbocycles. The van der Waals surface area contributed by atoms with Crippen LogP contribution in [-0.4, -0.2) is 26.5 Å². The summed E-state index contributed by atoms with van der Waals surface area (Å²) >= 11 is 1.70. The van der Waals surface area contributed by atoms with Crippen molar-refractivity contribution in [3.8, 4) is 0 Å². The molecule has 2 atom stereocenters. The van der Waals surface area contributed by atoms with E-state index >= 15 is 0 Å². The van der Waals surface area contributed by atoms with Crippen LogP contribution in [0.15, 0.2) is 16.8 Å². The maximum Gasteiger partial charge on any atom is 0.150 e. The lowest BCUT2D eigenvalue weighted by Gasteiger charge is -2.20. The highest BCUT2D eigenvalue weighted by atomic mass is 32.2. The molecule has 2 unspecified atom stereocenters. The van der Waals surface area contributed by atoms with Crippen molar-refractivity contribution in [2.45, 2.75) is 32.2 Å². The average Bonchev–Trinajstić information content (AvgIpc) is 2.94. The van der Waals surface area contributed by atoms with Gasteiger partial charge in [0.15, 0.2) is 9.84 Å². The lowest BCUT2D eigenvalue weighted by molar-refractivity contribution is 0.415. The zero-order chi connectivity index (χ0) is 13.0.